The highest BCUT2D eigenvalue weighted by Crippen LogP contribution is 2.18. The summed E-state index contributed by atoms with van der Waals surface area (Å²) in [6, 6.07) is 9.67. The van der Waals surface area contributed by atoms with E-state index < -0.39 is 0 Å². The summed E-state index contributed by atoms with van der Waals surface area (Å²) in [5.41, 5.74) is 4.48. The van der Waals surface area contributed by atoms with Gasteiger partial charge in [0.15, 0.2) is 5.43 Å². The third-order valence-corrected chi connectivity index (χ3v) is 3.22. The predicted octanol–water partition coefficient (Wildman–Crippen LogP) is 2.64. The molecule has 19 heavy (non-hydrogen) atoms. The van der Waals surface area contributed by atoms with Crippen LogP contribution in [0, 0.1) is 20.8 Å². The number of hydrogen-bond donors (Lipinski definition) is 1. The lowest BCUT2D eigenvalue weighted by atomic mass is 10.2. The van der Waals surface area contributed by atoms with E-state index in [1.807, 2.05) is 45.0 Å². The number of rotatable bonds is 1. The molecule has 3 aromatic rings. The first kappa shape index (κ1) is 11.7. The smallest absolute Gasteiger partial charge is 0.193 e. The van der Waals surface area contributed by atoms with Crippen molar-refractivity contribution in [3.05, 3.63) is 57.5 Å². The zero-order chi connectivity index (χ0) is 13.6. The van der Waals surface area contributed by atoms with Crippen molar-refractivity contribution < 1.29 is 0 Å². The first-order chi connectivity index (χ1) is 9.06. The third kappa shape index (κ3) is 1.85. The second kappa shape index (κ2) is 4.09. The van der Waals surface area contributed by atoms with Crippen molar-refractivity contribution in [2.45, 2.75) is 20.8 Å². The van der Waals surface area contributed by atoms with E-state index in [9.17, 15) is 4.79 Å². The Bertz CT molecular complexity index is 827. The largest absolute Gasteiger partial charge is 0.343 e. The van der Waals surface area contributed by atoms with Gasteiger partial charge < -0.3 is 4.98 Å². The van der Waals surface area contributed by atoms with Crippen LogP contribution in [0.1, 0.15) is 17.0 Å². The lowest BCUT2D eigenvalue weighted by molar-refractivity contribution is 0.874. The van der Waals surface area contributed by atoms with E-state index in [1.165, 1.54) is 0 Å². The molecule has 0 aliphatic carbocycles. The van der Waals surface area contributed by atoms with Crippen LogP contribution in [-0.2, 0) is 0 Å². The van der Waals surface area contributed by atoms with E-state index in [2.05, 4.69) is 10.1 Å². The van der Waals surface area contributed by atoms with Crippen molar-refractivity contribution in [2.24, 2.45) is 0 Å². The zero-order valence-electron chi connectivity index (χ0n) is 11.2. The van der Waals surface area contributed by atoms with E-state index in [0.29, 0.717) is 5.39 Å². The monoisotopic (exact) mass is 253 g/mol. The average molecular weight is 253 g/mol. The molecule has 4 heteroatoms. The van der Waals surface area contributed by atoms with Crippen molar-refractivity contribution in [1.82, 2.24) is 14.8 Å². The van der Waals surface area contributed by atoms with Crippen molar-refractivity contribution >= 4 is 11.0 Å². The lowest BCUT2D eigenvalue weighted by Crippen LogP contribution is -2.04. The lowest BCUT2D eigenvalue weighted by Gasteiger charge is -2.04. The maximum Gasteiger partial charge on any atom is 0.193 e. The Hall–Kier alpha value is -2.36. The molecule has 0 amide bonds. The minimum absolute atomic E-state index is 0.0163. The highest BCUT2D eigenvalue weighted by atomic mass is 16.1. The van der Waals surface area contributed by atoms with Crippen molar-refractivity contribution in [2.75, 3.05) is 0 Å². The number of nitrogens with one attached hydrogen (secondary N) is 1. The Labute approximate surface area is 110 Å². The van der Waals surface area contributed by atoms with Crippen LogP contribution in [0.2, 0.25) is 0 Å². The van der Waals surface area contributed by atoms with Gasteiger partial charge in [-0.15, -0.1) is 0 Å². The average Bonchev–Trinajstić information content (AvgIpc) is 2.66. The van der Waals surface area contributed by atoms with Gasteiger partial charge in [-0.25, -0.2) is 4.68 Å². The van der Waals surface area contributed by atoms with Gasteiger partial charge >= 0.3 is 0 Å². The van der Waals surface area contributed by atoms with Gasteiger partial charge in [0.2, 0.25) is 0 Å². The number of benzene rings is 1. The maximum atomic E-state index is 12.1. The molecule has 2 aromatic heterocycles. The molecule has 0 aliphatic heterocycles. The molecule has 0 saturated heterocycles. The molecule has 1 aromatic carbocycles. The second-order valence-electron chi connectivity index (χ2n) is 4.88. The van der Waals surface area contributed by atoms with Gasteiger partial charge in [-0.3, -0.25) is 4.79 Å². The van der Waals surface area contributed by atoms with Gasteiger partial charge in [0.25, 0.3) is 0 Å². The Morgan fingerprint density at radius 2 is 1.95 bits per heavy atom. The van der Waals surface area contributed by atoms with Crippen LogP contribution in [0.5, 0.6) is 0 Å². The van der Waals surface area contributed by atoms with E-state index in [1.54, 1.807) is 10.7 Å². The fourth-order valence-corrected chi connectivity index (χ4v) is 2.38. The summed E-state index contributed by atoms with van der Waals surface area (Å²) in [7, 11) is 0. The van der Waals surface area contributed by atoms with Gasteiger partial charge in [-0.1, -0.05) is 12.1 Å². The Morgan fingerprint density at radius 3 is 2.68 bits per heavy atom. The molecular formula is C15H15N3O. The first-order valence-corrected chi connectivity index (χ1v) is 6.22. The van der Waals surface area contributed by atoms with Crippen LogP contribution in [0.4, 0.5) is 0 Å². The standard InChI is InChI=1S/C15H15N3O/c1-9-5-4-6-12(7-9)18-15-14(11(3)17-18)13(19)8-10(2)16-15/h4-8H,1-3H3,(H,16,19). The SMILES string of the molecule is Cc1cccc(-n2nc(C)c3c(=O)cc(C)[nH]c32)c1. The van der Waals surface area contributed by atoms with Crippen molar-refractivity contribution in [3.8, 4) is 5.69 Å². The summed E-state index contributed by atoms with van der Waals surface area (Å²) in [5.74, 6) is 0. The maximum absolute atomic E-state index is 12.1. The number of aromatic amines is 1. The molecule has 0 bridgehead atoms. The normalized spacial score (nSPS) is 11.1. The quantitative estimate of drug-likeness (QED) is 0.724. The van der Waals surface area contributed by atoms with Crippen LogP contribution in [0.3, 0.4) is 0 Å². The van der Waals surface area contributed by atoms with Crippen LogP contribution in [0.15, 0.2) is 35.1 Å². The summed E-state index contributed by atoms with van der Waals surface area (Å²) in [4.78, 5) is 15.3. The first-order valence-electron chi connectivity index (χ1n) is 6.22. The number of nitrogens with zero attached hydrogens (tertiary/aromatic N) is 2. The predicted molar refractivity (Wildman–Crippen MR) is 75.9 cm³/mol. The van der Waals surface area contributed by atoms with Gasteiger partial charge in [0, 0.05) is 11.8 Å². The third-order valence-electron chi connectivity index (χ3n) is 3.22. The summed E-state index contributed by atoms with van der Waals surface area (Å²) in [6.07, 6.45) is 0. The Kier molecular flexibility index (Phi) is 2.52. The highest BCUT2D eigenvalue weighted by molar-refractivity contribution is 5.79. The van der Waals surface area contributed by atoms with E-state index in [4.69, 9.17) is 0 Å². The molecule has 0 radical (unpaired) electrons. The van der Waals surface area contributed by atoms with E-state index >= 15 is 0 Å². The van der Waals surface area contributed by atoms with Gasteiger partial charge in [-0.2, -0.15) is 5.10 Å². The molecule has 0 spiro atoms. The number of hydrogen-bond acceptors (Lipinski definition) is 2. The minimum atomic E-state index is 0.0163. The number of aromatic nitrogens is 3. The van der Waals surface area contributed by atoms with Crippen LogP contribution >= 0.6 is 0 Å². The summed E-state index contributed by atoms with van der Waals surface area (Å²) >= 11 is 0. The second-order valence-corrected chi connectivity index (χ2v) is 4.88. The zero-order valence-corrected chi connectivity index (χ0v) is 11.2. The Balaban J connectivity index is 2.40. The molecule has 96 valence electrons. The molecule has 0 saturated carbocycles. The molecule has 0 atom stereocenters. The summed E-state index contributed by atoms with van der Waals surface area (Å²) in [6.45, 7) is 5.78. The highest BCUT2D eigenvalue weighted by Gasteiger charge is 2.12. The fourth-order valence-electron chi connectivity index (χ4n) is 2.38. The molecule has 3 rings (SSSR count). The topological polar surface area (TPSA) is 50.7 Å². The van der Waals surface area contributed by atoms with Crippen molar-refractivity contribution in [1.29, 1.82) is 0 Å². The molecule has 4 nitrogen and oxygen atoms in total. The van der Waals surface area contributed by atoms with Gasteiger partial charge in [-0.05, 0) is 38.5 Å². The number of H-pyrrole nitrogens is 1. The van der Waals surface area contributed by atoms with Gasteiger partial charge in [0.1, 0.15) is 5.65 Å². The number of aryl methyl sites for hydroxylation is 3. The molecule has 0 aliphatic rings. The number of fused-ring (bicyclic) bond motifs is 1. The van der Waals surface area contributed by atoms with E-state index in [-0.39, 0.29) is 5.43 Å². The molecule has 1 N–H and O–H groups in total. The molecular weight excluding hydrogens is 238 g/mol. The van der Waals surface area contributed by atoms with Crippen molar-refractivity contribution in [3.63, 3.8) is 0 Å². The molecule has 0 fully saturated rings. The van der Waals surface area contributed by atoms with Gasteiger partial charge in [0.05, 0.1) is 16.8 Å². The fraction of sp³-hybridized carbons (Fsp3) is 0.200. The van der Waals surface area contributed by atoms with Crippen LogP contribution in [0.25, 0.3) is 16.7 Å². The van der Waals surface area contributed by atoms with Crippen LogP contribution < -0.4 is 5.43 Å². The number of pyridine rings is 1. The van der Waals surface area contributed by atoms with E-state index in [0.717, 1.165) is 28.3 Å². The molecule has 2 heterocycles. The minimum Gasteiger partial charge on any atom is -0.343 e. The Morgan fingerprint density at radius 1 is 1.16 bits per heavy atom. The molecule has 0 unspecified atom stereocenters. The summed E-state index contributed by atoms with van der Waals surface area (Å²) in [5, 5.41) is 5.15. The van der Waals surface area contributed by atoms with Crippen LogP contribution in [-0.4, -0.2) is 14.8 Å². The summed E-state index contributed by atoms with van der Waals surface area (Å²) < 4.78 is 1.80.